The molecule has 2 aromatic carbocycles. The minimum atomic E-state index is -0.101. The molecule has 5 heteroatoms. The van der Waals surface area contributed by atoms with Gasteiger partial charge in [-0.1, -0.05) is 35.6 Å². The lowest BCUT2D eigenvalue weighted by Gasteiger charge is -2.01. The lowest BCUT2D eigenvalue weighted by molar-refractivity contribution is -0.117. The summed E-state index contributed by atoms with van der Waals surface area (Å²) in [5, 5.41) is 0. The highest BCUT2D eigenvalue weighted by Crippen LogP contribution is 2.17. The van der Waals surface area contributed by atoms with E-state index in [1.165, 1.54) is 4.90 Å². The molecule has 23 heavy (non-hydrogen) atoms. The van der Waals surface area contributed by atoms with E-state index in [9.17, 15) is 4.79 Å². The molecule has 3 nitrogen and oxygen atoms in total. The van der Waals surface area contributed by atoms with Crippen LogP contribution in [0.2, 0.25) is 0 Å². The largest absolute Gasteiger partial charge is 0.317 e. The maximum Gasteiger partial charge on any atom is 0.252 e. The van der Waals surface area contributed by atoms with E-state index >= 15 is 0 Å². The minimum Gasteiger partial charge on any atom is -0.317 e. The molecule has 0 unspecified atom stereocenters. The lowest BCUT2D eigenvalue weighted by Crippen LogP contribution is -2.16. The zero-order chi connectivity index (χ0) is 16.2. The number of fused-ring (bicyclic) bond motifs is 1. The number of carbonyl (C=O) groups is 1. The predicted octanol–water partition coefficient (Wildman–Crippen LogP) is 4.11. The first-order valence-electron chi connectivity index (χ1n) is 7.50. The van der Waals surface area contributed by atoms with Gasteiger partial charge < -0.3 is 4.57 Å². The van der Waals surface area contributed by atoms with E-state index in [1.807, 2.05) is 42.7 Å². The Balaban J connectivity index is 1.89. The van der Waals surface area contributed by atoms with Crippen molar-refractivity contribution in [2.24, 2.45) is 4.99 Å². The smallest absolute Gasteiger partial charge is 0.252 e. The van der Waals surface area contributed by atoms with E-state index in [1.54, 1.807) is 23.1 Å². The van der Waals surface area contributed by atoms with Crippen molar-refractivity contribution in [3.8, 4) is 0 Å². The van der Waals surface area contributed by atoms with Crippen LogP contribution in [-0.4, -0.2) is 16.7 Å². The Morgan fingerprint density at radius 1 is 1.17 bits per heavy atom. The van der Waals surface area contributed by atoms with Crippen molar-refractivity contribution in [3.05, 3.63) is 58.9 Å². The van der Waals surface area contributed by atoms with Gasteiger partial charge in [-0.2, -0.15) is 4.99 Å². The average molecular weight is 342 g/mol. The number of para-hydroxylation sites is 1. The van der Waals surface area contributed by atoms with E-state index in [4.69, 9.17) is 0 Å². The Morgan fingerprint density at radius 2 is 1.91 bits per heavy atom. The lowest BCUT2D eigenvalue weighted by atomic mass is 10.1. The van der Waals surface area contributed by atoms with Crippen LogP contribution in [0.5, 0.6) is 0 Å². The van der Waals surface area contributed by atoms with Crippen LogP contribution in [0.3, 0.4) is 0 Å². The molecular weight excluding hydrogens is 324 g/mol. The van der Waals surface area contributed by atoms with Crippen molar-refractivity contribution in [2.45, 2.75) is 24.8 Å². The normalized spacial score (nSPS) is 12.0. The van der Waals surface area contributed by atoms with Gasteiger partial charge in [-0.25, -0.2) is 0 Å². The van der Waals surface area contributed by atoms with E-state index in [0.29, 0.717) is 6.42 Å². The number of carbonyl (C=O) groups excluding carboxylic acids is 1. The van der Waals surface area contributed by atoms with Crippen LogP contribution in [0.25, 0.3) is 10.2 Å². The van der Waals surface area contributed by atoms with Gasteiger partial charge in [0.05, 0.1) is 16.6 Å². The fraction of sp³-hybridized carbons (Fsp3) is 0.222. The molecule has 1 aromatic heterocycles. The third-order valence-corrected chi connectivity index (χ3v) is 5.44. The van der Waals surface area contributed by atoms with Crippen molar-refractivity contribution >= 4 is 39.2 Å². The molecular formula is C18H18N2OS2. The molecule has 0 atom stereocenters. The molecule has 1 heterocycles. The third-order valence-electron chi connectivity index (χ3n) is 3.64. The van der Waals surface area contributed by atoms with Gasteiger partial charge in [-0.3, -0.25) is 4.79 Å². The molecule has 0 aliphatic rings. The van der Waals surface area contributed by atoms with Crippen molar-refractivity contribution in [1.82, 2.24) is 4.57 Å². The van der Waals surface area contributed by atoms with Crippen molar-refractivity contribution in [3.63, 3.8) is 0 Å². The zero-order valence-electron chi connectivity index (χ0n) is 13.2. The summed E-state index contributed by atoms with van der Waals surface area (Å²) in [6.07, 6.45) is 2.38. The third kappa shape index (κ3) is 3.57. The first-order chi connectivity index (χ1) is 11.2. The molecule has 118 valence electrons. The molecule has 0 radical (unpaired) electrons. The maximum absolute atomic E-state index is 12.3. The Hall–Kier alpha value is -1.85. The van der Waals surface area contributed by atoms with Crippen LogP contribution in [0, 0.1) is 0 Å². The molecule has 1 amide bonds. The number of aryl methyl sites for hydroxylation is 1. The molecule has 0 fully saturated rings. The Bertz CT molecular complexity index is 891. The van der Waals surface area contributed by atoms with Crippen LogP contribution >= 0.6 is 23.1 Å². The van der Waals surface area contributed by atoms with Gasteiger partial charge in [-0.05, 0) is 43.0 Å². The number of thiazole rings is 1. The summed E-state index contributed by atoms with van der Waals surface area (Å²) >= 11 is 3.26. The highest BCUT2D eigenvalue weighted by Gasteiger charge is 2.07. The molecule has 0 bridgehead atoms. The number of amides is 1. The van der Waals surface area contributed by atoms with Crippen molar-refractivity contribution in [2.75, 3.05) is 6.26 Å². The summed E-state index contributed by atoms with van der Waals surface area (Å²) in [5.41, 5.74) is 2.14. The number of aromatic nitrogens is 1. The average Bonchev–Trinajstić information content (AvgIpc) is 2.92. The maximum atomic E-state index is 12.3. The molecule has 0 N–H and O–H groups in total. The molecule has 0 saturated heterocycles. The van der Waals surface area contributed by atoms with Gasteiger partial charge >= 0.3 is 0 Å². The van der Waals surface area contributed by atoms with Gasteiger partial charge in [0, 0.05) is 11.4 Å². The number of nitrogens with zero attached hydrogens (tertiary/aromatic N) is 2. The van der Waals surface area contributed by atoms with Crippen LogP contribution in [0.4, 0.5) is 0 Å². The number of hydrogen-bond acceptors (Lipinski definition) is 3. The van der Waals surface area contributed by atoms with Gasteiger partial charge in [-0.15, -0.1) is 11.8 Å². The second kappa shape index (κ2) is 7.15. The summed E-state index contributed by atoms with van der Waals surface area (Å²) in [5.74, 6) is -0.101. The van der Waals surface area contributed by atoms with Crippen molar-refractivity contribution in [1.29, 1.82) is 0 Å². The van der Waals surface area contributed by atoms with Gasteiger partial charge in [0.25, 0.3) is 5.91 Å². The quantitative estimate of drug-likeness (QED) is 0.669. The van der Waals surface area contributed by atoms with Gasteiger partial charge in [0.1, 0.15) is 0 Å². The molecule has 0 saturated carbocycles. The van der Waals surface area contributed by atoms with Crippen molar-refractivity contribution < 1.29 is 4.79 Å². The van der Waals surface area contributed by atoms with E-state index in [2.05, 4.69) is 28.6 Å². The second-order valence-electron chi connectivity index (χ2n) is 5.13. The SMILES string of the molecule is CCn1c(=NC(=O)Cc2ccc(SC)cc2)sc2ccccc21. The molecule has 0 aliphatic heterocycles. The summed E-state index contributed by atoms with van der Waals surface area (Å²) in [4.78, 5) is 18.6. The molecule has 0 spiro atoms. The Morgan fingerprint density at radius 3 is 2.61 bits per heavy atom. The fourth-order valence-electron chi connectivity index (χ4n) is 2.48. The van der Waals surface area contributed by atoms with Gasteiger partial charge in [0.2, 0.25) is 0 Å². The first-order valence-corrected chi connectivity index (χ1v) is 9.54. The first kappa shape index (κ1) is 16.0. The van der Waals surface area contributed by atoms with E-state index in [0.717, 1.165) is 27.1 Å². The standard InChI is InChI=1S/C18H18N2OS2/c1-3-20-15-6-4-5-7-16(15)23-18(20)19-17(21)12-13-8-10-14(22-2)11-9-13/h4-11H,3,12H2,1-2H3. The molecule has 0 aliphatic carbocycles. The summed E-state index contributed by atoms with van der Waals surface area (Å²) in [6.45, 7) is 2.88. The van der Waals surface area contributed by atoms with Crippen LogP contribution in [0.1, 0.15) is 12.5 Å². The Kier molecular flexibility index (Phi) is 4.98. The minimum absolute atomic E-state index is 0.101. The highest BCUT2D eigenvalue weighted by atomic mass is 32.2. The van der Waals surface area contributed by atoms with E-state index in [-0.39, 0.29) is 5.91 Å². The Labute approximate surface area is 143 Å². The molecule has 3 aromatic rings. The number of benzene rings is 2. The monoisotopic (exact) mass is 342 g/mol. The molecule has 3 rings (SSSR count). The topological polar surface area (TPSA) is 34.4 Å². The number of rotatable bonds is 4. The highest BCUT2D eigenvalue weighted by molar-refractivity contribution is 7.98. The fourth-order valence-corrected chi connectivity index (χ4v) is 4.00. The van der Waals surface area contributed by atoms with Crippen LogP contribution < -0.4 is 4.80 Å². The predicted molar refractivity (Wildman–Crippen MR) is 98.0 cm³/mol. The van der Waals surface area contributed by atoms with E-state index < -0.39 is 0 Å². The zero-order valence-corrected chi connectivity index (χ0v) is 14.8. The number of thioether (sulfide) groups is 1. The summed E-state index contributed by atoms with van der Waals surface area (Å²) in [6, 6.07) is 16.2. The number of hydrogen-bond donors (Lipinski definition) is 0. The second-order valence-corrected chi connectivity index (χ2v) is 7.02. The van der Waals surface area contributed by atoms with Crippen LogP contribution in [-0.2, 0) is 17.8 Å². The van der Waals surface area contributed by atoms with Crippen LogP contribution in [0.15, 0.2) is 58.4 Å². The summed E-state index contributed by atoms with van der Waals surface area (Å²) in [7, 11) is 0. The summed E-state index contributed by atoms with van der Waals surface area (Å²) < 4.78 is 3.25. The van der Waals surface area contributed by atoms with Gasteiger partial charge in [0.15, 0.2) is 4.80 Å².